The zero-order valence-electron chi connectivity index (χ0n) is 19.0. The Morgan fingerprint density at radius 2 is 1.75 bits per heavy atom. The van der Waals surface area contributed by atoms with Crippen LogP contribution in [0.15, 0.2) is 77.9 Å². The quantitative estimate of drug-likeness (QED) is 0.152. The molecule has 0 saturated carbocycles. The van der Waals surface area contributed by atoms with Gasteiger partial charge in [-0.25, -0.2) is 10.2 Å². The highest BCUT2D eigenvalue weighted by atomic mass is 35.5. The van der Waals surface area contributed by atoms with E-state index in [-0.39, 0.29) is 12.3 Å². The molecule has 0 fully saturated rings. The first-order valence-corrected chi connectivity index (χ1v) is 11.9. The second-order valence-corrected chi connectivity index (χ2v) is 8.81. The third-order valence-corrected chi connectivity index (χ3v) is 6.63. The minimum absolute atomic E-state index is 0.246. The lowest BCUT2D eigenvalue weighted by Crippen LogP contribution is -2.34. The van der Waals surface area contributed by atoms with Gasteiger partial charge in [-0.15, -0.1) is 11.3 Å². The van der Waals surface area contributed by atoms with E-state index >= 15 is 0 Å². The molecule has 2 N–H and O–H groups in total. The lowest BCUT2D eigenvalue weighted by molar-refractivity contribution is -0.120. The molecule has 182 valence electrons. The number of carbonyl (C=O) groups excluding carboxylic acids is 3. The number of ether oxygens (including phenoxy) is 2. The molecular formula is C26H20ClN3O5S. The van der Waals surface area contributed by atoms with E-state index in [0.717, 1.165) is 10.1 Å². The van der Waals surface area contributed by atoms with Gasteiger partial charge < -0.3 is 14.8 Å². The molecule has 36 heavy (non-hydrogen) atoms. The maximum absolute atomic E-state index is 12.5. The highest BCUT2D eigenvalue weighted by Gasteiger charge is 2.17. The van der Waals surface area contributed by atoms with Crippen molar-refractivity contribution in [2.24, 2.45) is 5.10 Å². The number of amides is 2. The molecule has 4 rings (SSSR count). The van der Waals surface area contributed by atoms with Gasteiger partial charge in [0.25, 0.3) is 11.8 Å². The van der Waals surface area contributed by atoms with Crippen molar-refractivity contribution in [1.29, 1.82) is 0 Å². The number of methoxy groups -OCH3 is 1. The Kier molecular flexibility index (Phi) is 7.94. The summed E-state index contributed by atoms with van der Waals surface area (Å²) < 4.78 is 11.6. The minimum Gasteiger partial charge on any atom is -0.493 e. The molecule has 0 spiro atoms. The van der Waals surface area contributed by atoms with Crippen LogP contribution in [-0.2, 0) is 4.79 Å². The lowest BCUT2D eigenvalue weighted by atomic mass is 10.2. The summed E-state index contributed by atoms with van der Waals surface area (Å²) in [6.45, 7) is -0.279. The van der Waals surface area contributed by atoms with E-state index in [1.807, 2.05) is 24.3 Å². The van der Waals surface area contributed by atoms with Crippen LogP contribution < -0.4 is 20.2 Å². The number of nitrogens with zero attached hydrogens (tertiary/aromatic N) is 1. The zero-order chi connectivity index (χ0) is 25.5. The third kappa shape index (κ3) is 5.88. The standard InChI is InChI=1S/C26H20ClN3O5S/c1-34-20-13-16(11-12-19(20)35-26(33)17-7-3-2-4-8-17)14-29-30-22(31)15-28-25(32)24-23(27)18-9-5-6-10-21(18)36-24/h2-14H,15H2,1H3,(H,28,32)(H,30,31)/b29-14-. The summed E-state index contributed by atoms with van der Waals surface area (Å²) in [7, 11) is 1.45. The summed E-state index contributed by atoms with van der Waals surface area (Å²) in [6, 6.07) is 20.8. The highest BCUT2D eigenvalue weighted by Crippen LogP contribution is 2.35. The van der Waals surface area contributed by atoms with E-state index in [2.05, 4.69) is 15.8 Å². The number of esters is 1. The van der Waals surface area contributed by atoms with Crippen molar-refractivity contribution in [3.05, 3.63) is 93.8 Å². The first-order valence-electron chi connectivity index (χ1n) is 10.7. The molecule has 1 heterocycles. The van der Waals surface area contributed by atoms with Crippen LogP contribution in [0.3, 0.4) is 0 Å². The molecule has 0 saturated heterocycles. The van der Waals surface area contributed by atoms with E-state index < -0.39 is 17.8 Å². The van der Waals surface area contributed by atoms with Crippen molar-refractivity contribution < 1.29 is 23.9 Å². The maximum atomic E-state index is 12.5. The van der Waals surface area contributed by atoms with Gasteiger partial charge in [0, 0.05) is 10.1 Å². The predicted octanol–water partition coefficient (Wildman–Crippen LogP) is 4.66. The Labute approximate surface area is 215 Å². The van der Waals surface area contributed by atoms with Crippen molar-refractivity contribution in [2.75, 3.05) is 13.7 Å². The van der Waals surface area contributed by atoms with Crippen molar-refractivity contribution in [2.45, 2.75) is 0 Å². The van der Waals surface area contributed by atoms with Crippen molar-refractivity contribution in [3.63, 3.8) is 0 Å². The summed E-state index contributed by atoms with van der Waals surface area (Å²) in [5.74, 6) is -0.901. The minimum atomic E-state index is -0.516. The Morgan fingerprint density at radius 3 is 2.50 bits per heavy atom. The number of hydrogen-bond donors (Lipinski definition) is 2. The van der Waals surface area contributed by atoms with Gasteiger partial charge in [0.15, 0.2) is 11.5 Å². The van der Waals surface area contributed by atoms with E-state index in [1.54, 1.807) is 48.5 Å². The molecule has 0 atom stereocenters. The molecule has 0 unspecified atom stereocenters. The number of thiophene rings is 1. The number of nitrogens with one attached hydrogen (secondary N) is 2. The Balaban J connectivity index is 1.31. The van der Waals surface area contributed by atoms with Gasteiger partial charge in [0.2, 0.25) is 0 Å². The topological polar surface area (TPSA) is 106 Å². The number of carbonyl (C=O) groups is 3. The molecule has 10 heteroatoms. The fourth-order valence-electron chi connectivity index (χ4n) is 3.20. The van der Waals surface area contributed by atoms with Crippen LogP contribution in [0.1, 0.15) is 25.6 Å². The average molecular weight is 522 g/mol. The molecule has 2 amide bonds. The average Bonchev–Trinajstić information content (AvgIpc) is 3.25. The summed E-state index contributed by atoms with van der Waals surface area (Å²) in [6.07, 6.45) is 1.40. The lowest BCUT2D eigenvalue weighted by Gasteiger charge is -2.10. The number of hydrogen-bond acceptors (Lipinski definition) is 7. The predicted molar refractivity (Wildman–Crippen MR) is 139 cm³/mol. The summed E-state index contributed by atoms with van der Waals surface area (Å²) >= 11 is 7.56. The van der Waals surface area contributed by atoms with Gasteiger partial charge in [-0.05, 0) is 42.0 Å². The fourth-order valence-corrected chi connectivity index (χ4v) is 4.63. The fraction of sp³-hybridized carbons (Fsp3) is 0.0769. The summed E-state index contributed by atoms with van der Waals surface area (Å²) in [5, 5.41) is 7.59. The van der Waals surface area contributed by atoms with Crippen LogP contribution in [0.5, 0.6) is 11.5 Å². The molecule has 0 radical (unpaired) electrons. The SMILES string of the molecule is COc1cc(/C=N\NC(=O)CNC(=O)c2sc3ccccc3c2Cl)ccc1OC(=O)c1ccccc1. The van der Waals surface area contributed by atoms with Gasteiger partial charge in [-0.3, -0.25) is 9.59 Å². The first-order chi connectivity index (χ1) is 17.5. The monoisotopic (exact) mass is 521 g/mol. The molecule has 3 aromatic carbocycles. The third-order valence-electron chi connectivity index (χ3n) is 4.95. The van der Waals surface area contributed by atoms with Crippen LogP contribution >= 0.6 is 22.9 Å². The largest absolute Gasteiger partial charge is 0.493 e. The van der Waals surface area contributed by atoms with Gasteiger partial charge in [0.05, 0.1) is 30.5 Å². The normalized spacial score (nSPS) is 10.8. The highest BCUT2D eigenvalue weighted by molar-refractivity contribution is 7.21. The van der Waals surface area contributed by atoms with Crippen LogP contribution in [-0.4, -0.2) is 37.7 Å². The Hall–Kier alpha value is -4.21. The number of rotatable bonds is 8. The van der Waals surface area contributed by atoms with Crippen molar-refractivity contribution in [1.82, 2.24) is 10.7 Å². The van der Waals surface area contributed by atoms with Gasteiger partial charge in [0.1, 0.15) is 4.88 Å². The molecular weight excluding hydrogens is 502 g/mol. The van der Waals surface area contributed by atoms with Crippen LogP contribution in [0.2, 0.25) is 5.02 Å². The number of hydrazone groups is 1. The molecule has 0 aliphatic carbocycles. The second kappa shape index (κ2) is 11.5. The summed E-state index contributed by atoms with van der Waals surface area (Å²) in [5.41, 5.74) is 3.35. The van der Waals surface area contributed by atoms with Crippen molar-refractivity contribution in [3.8, 4) is 11.5 Å². The van der Waals surface area contributed by atoms with E-state index in [0.29, 0.717) is 26.8 Å². The molecule has 1 aromatic heterocycles. The summed E-state index contributed by atoms with van der Waals surface area (Å²) in [4.78, 5) is 37.2. The molecule has 0 aliphatic heterocycles. The zero-order valence-corrected chi connectivity index (χ0v) is 20.6. The van der Waals surface area contributed by atoms with Crippen LogP contribution in [0.4, 0.5) is 0 Å². The second-order valence-electron chi connectivity index (χ2n) is 7.38. The molecule has 0 aliphatic rings. The van der Waals surface area contributed by atoms with Gasteiger partial charge in [-0.1, -0.05) is 48.0 Å². The van der Waals surface area contributed by atoms with E-state index in [1.165, 1.54) is 24.7 Å². The van der Waals surface area contributed by atoms with Crippen LogP contribution in [0.25, 0.3) is 10.1 Å². The molecule has 4 aromatic rings. The van der Waals surface area contributed by atoms with Gasteiger partial charge in [-0.2, -0.15) is 5.10 Å². The number of fused-ring (bicyclic) bond motifs is 1. The number of benzene rings is 3. The van der Waals surface area contributed by atoms with Gasteiger partial charge >= 0.3 is 5.97 Å². The smallest absolute Gasteiger partial charge is 0.343 e. The van der Waals surface area contributed by atoms with E-state index in [9.17, 15) is 14.4 Å². The Morgan fingerprint density at radius 1 is 1.00 bits per heavy atom. The van der Waals surface area contributed by atoms with Crippen molar-refractivity contribution >= 4 is 57.0 Å². The molecule has 0 bridgehead atoms. The molecule has 8 nitrogen and oxygen atoms in total. The first kappa shape index (κ1) is 24.9. The maximum Gasteiger partial charge on any atom is 0.343 e. The Bertz CT molecular complexity index is 1450. The van der Waals surface area contributed by atoms with Crippen LogP contribution in [0, 0.1) is 0 Å². The number of halogens is 1. The van der Waals surface area contributed by atoms with E-state index in [4.69, 9.17) is 21.1 Å².